The van der Waals surface area contributed by atoms with Crippen molar-refractivity contribution >= 4 is 17.3 Å². The molecule has 0 aliphatic rings. The summed E-state index contributed by atoms with van der Waals surface area (Å²) in [7, 11) is 0. The summed E-state index contributed by atoms with van der Waals surface area (Å²) >= 11 is 1.14. The second-order valence-electron chi connectivity index (χ2n) is 3.91. The Morgan fingerprint density at radius 2 is 2.11 bits per heavy atom. The van der Waals surface area contributed by atoms with Gasteiger partial charge in [-0.1, -0.05) is 12.1 Å². The Morgan fingerprint density at radius 3 is 2.72 bits per heavy atom. The third kappa shape index (κ3) is 2.27. The van der Waals surface area contributed by atoms with Gasteiger partial charge in [0.15, 0.2) is 0 Å². The molecule has 18 heavy (non-hydrogen) atoms. The molecule has 0 radical (unpaired) electrons. The van der Waals surface area contributed by atoms with E-state index in [0.29, 0.717) is 16.0 Å². The average Bonchev–Trinajstić information content (AvgIpc) is 2.81. The molecule has 0 saturated carbocycles. The first kappa shape index (κ1) is 12.7. The van der Waals surface area contributed by atoms with Gasteiger partial charge in [0.05, 0.1) is 10.4 Å². The third-order valence-electron chi connectivity index (χ3n) is 2.69. The van der Waals surface area contributed by atoms with Gasteiger partial charge in [0, 0.05) is 0 Å². The van der Waals surface area contributed by atoms with E-state index < -0.39 is 17.9 Å². The molecule has 0 saturated heterocycles. The third-order valence-corrected chi connectivity index (χ3v) is 3.65. The summed E-state index contributed by atoms with van der Waals surface area (Å²) in [6.07, 6.45) is -1.12. The predicted octanol–water partition coefficient (Wildman–Crippen LogP) is 2.98. The summed E-state index contributed by atoms with van der Waals surface area (Å²) in [4.78, 5) is 11.3. The lowest BCUT2D eigenvalue weighted by atomic mass is 10.0. The number of carboxylic acids is 1. The second-order valence-corrected chi connectivity index (χ2v) is 4.86. The van der Waals surface area contributed by atoms with E-state index in [1.165, 1.54) is 12.1 Å². The summed E-state index contributed by atoms with van der Waals surface area (Å²) in [6.45, 7) is 1.62. The number of hydrogen-bond acceptors (Lipinski definition) is 3. The smallest absolute Gasteiger partial charge is 0.336 e. The predicted molar refractivity (Wildman–Crippen MR) is 66.5 cm³/mol. The van der Waals surface area contributed by atoms with Crippen molar-refractivity contribution in [3.8, 4) is 0 Å². The second kappa shape index (κ2) is 4.88. The standard InChI is InChI=1S/C13H11FO3S/c1-7-2-3-8(6-10(7)14)11(15)12-9(13(16)17)4-5-18-12/h2-6,11,15H,1H3,(H,16,17). The zero-order valence-corrected chi connectivity index (χ0v) is 10.4. The van der Waals surface area contributed by atoms with Crippen LogP contribution >= 0.6 is 11.3 Å². The number of halogens is 1. The van der Waals surface area contributed by atoms with Crippen molar-refractivity contribution in [2.45, 2.75) is 13.0 Å². The highest BCUT2D eigenvalue weighted by Crippen LogP contribution is 2.30. The van der Waals surface area contributed by atoms with Crippen LogP contribution in [0.1, 0.15) is 32.5 Å². The average molecular weight is 266 g/mol. The molecule has 1 atom stereocenters. The van der Waals surface area contributed by atoms with Crippen LogP contribution in [0.15, 0.2) is 29.6 Å². The van der Waals surface area contributed by atoms with Crippen LogP contribution in [0.2, 0.25) is 0 Å². The minimum absolute atomic E-state index is 0.0495. The molecule has 94 valence electrons. The van der Waals surface area contributed by atoms with E-state index in [9.17, 15) is 14.3 Å². The van der Waals surface area contributed by atoms with Crippen molar-refractivity contribution in [3.63, 3.8) is 0 Å². The Kier molecular flexibility index (Phi) is 3.45. The zero-order valence-electron chi connectivity index (χ0n) is 9.55. The number of thiophene rings is 1. The lowest BCUT2D eigenvalue weighted by molar-refractivity contribution is 0.0692. The van der Waals surface area contributed by atoms with Crippen molar-refractivity contribution in [1.29, 1.82) is 0 Å². The lowest BCUT2D eigenvalue weighted by Crippen LogP contribution is -2.05. The fourth-order valence-corrected chi connectivity index (χ4v) is 2.54. The van der Waals surface area contributed by atoms with Gasteiger partial charge in [0.1, 0.15) is 11.9 Å². The zero-order chi connectivity index (χ0) is 13.3. The van der Waals surface area contributed by atoms with Crippen molar-refractivity contribution in [2.75, 3.05) is 0 Å². The summed E-state index contributed by atoms with van der Waals surface area (Å²) in [5, 5.41) is 20.7. The molecular weight excluding hydrogens is 255 g/mol. The van der Waals surface area contributed by atoms with E-state index in [-0.39, 0.29) is 5.56 Å². The number of carboxylic acid groups (broad SMARTS) is 1. The summed E-state index contributed by atoms with van der Waals surface area (Å²) in [5.74, 6) is -1.52. The van der Waals surface area contributed by atoms with Gasteiger partial charge in [-0.05, 0) is 35.6 Å². The molecule has 0 fully saturated rings. The molecule has 3 nitrogen and oxygen atoms in total. The molecular formula is C13H11FO3S. The Balaban J connectivity index is 2.41. The maximum absolute atomic E-state index is 13.4. The van der Waals surface area contributed by atoms with Crippen molar-refractivity contribution < 1.29 is 19.4 Å². The van der Waals surface area contributed by atoms with Gasteiger partial charge in [0.25, 0.3) is 0 Å². The Labute approximate surface area is 107 Å². The van der Waals surface area contributed by atoms with Crippen LogP contribution in [0.25, 0.3) is 0 Å². The first-order chi connectivity index (χ1) is 8.50. The SMILES string of the molecule is Cc1ccc(C(O)c2sccc2C(=O)O)cc1F. The molecule has 1 unspecified atom stereocenters. The van der Waals surface area contributed by atoms with Gasteiger partial charge in [-0.25, -0.2) is 9.18 Å². The number of carbonyl (C=O) groups is 1. The van der Waals surface area contributed by atoms with Crippen molar-refractivity contribution in [2.24, 2.45) is 0 Å². The molecule has 2 N–H and O–H groups in total. The van der Waals surface area contributed by atoms with Crippen LogP contribution in [0, 0.1) is 12.7 Å². The molecule has 0 spiro atoms. The van der Waals surface area contributed by atoms with Crippen LogP contribution in [-0.2, 0) is 0 Å². The number of hydrogen-bond donors (Lipinski definition) is 2. The fourth-order valence-electron chi connectivity index (χ4n) is 1.64. The van der Waals surface area contributed by atoms with Gasteiger partial charge in [-0.2, -0.15) is 0 Å². The fraction of sp³-hybridized carbons (Fsp3) is 0.154. The largest absolute Gasteiger partial charge is 0.478 e. The van der Waals surface area contributed by atoms with Gasteiger partial charge in [0.2, 0.25) is 0 Å². The minimum Gasteiger partial charge on any atom is -0.478 e. The summed E-state index contributed by atoms with van der Waals surface area (Å²) in [6, 6.07) is 5.80. The van der Waals surface area contributed by atoms with E-state index in [4.69, 9.17) is 5.11 Å². The van der Waals surface area contributed by atoms with E-state index in [0.717, 1.165) is 11.3 Å². The number of aliphatic hydroxyl groups is 1. The molecule has 0 bridgehead atoms. The van der Waals surface area contributed by atoms with Crippen LogP contribution in [-0.4, -0.2) is 16.2 Å². The van der Waals surface area contributed by atoms with Crippen molar-refractivity contribution in [3.05, 3.63) is 57.0 Å². The first-order valence-electron chi connectivity index (χ1n) is 5.25. The van der Waals surface area contributed by atoms with Crippen LogP contribution < -0.4 is 0 Å². The van der Waals surface area contributed by atoms with Crippen LogP contribution in [0.3, 0.4) is 0 Å². The highest BCUT2D eigenvalue weighted by atomic mass is 32.1. The Bertz CT molecular complexity index is 592. The van der Waals surface area contributed by atoms with Gasteiger partial charge in [-0.3, -0.25) is 0 Å². The van der Waals surface area contributed by atoms with Crippen molar-refractivity contribution in [1.82, 2.24) is 0 Å². The maximum atomic E-state index is 13.4. The van der Waals surface area contributed by atoms with E-state index in [1.807, 2.05) is 0 Å². The Hall–Kier alpha value is -1.72. The quantitative estimate of drug-likeness (QED) is 0.898. The molecule has 1 aromatic carbocycles. The molecule has 5 heteroatoms. The number of aryl methyl sites for hydroxylation is 1. The first-order valence-corrected chi connectivity index (χ1v) is 6.13. The Morgan fingerprint density at radius 1 is 1.39 bits per heavy atom. The van der Waals surface area contributed by atoms with Gasteiger partial charge < -0.3 is 10.2 Å². The van der Waals surface area contributed by atoms with Gasteiger partial charge in [-0.15, -0.1) is 11.3 Å². The van der Waals surface area contributed by atoms with E-state index in [1.54, 1.807) is 24.4 Å². The summed E-state index contributed by atoms with van der Waals surface area (Å²) in [5.41, 5.74) is 0.882. The topological polar surface area (TPSA) is 57.5 Å². The van der Waals surface area contributed by atoms with Crippen LogP contribution in [0.5, 0.6) is 0 Å². The lowest BCUT2D eigenvalue weighted by Gasteiger charge is -2.11. The van der Waals surface area contributed by atoms with E-state index >= 15 is 0 Å². The minimum atomic E-state index is -1.12. The molecule has 1 heterocycles. The maximum Gasteiger partial charge on any atom is 0.336 e. The number of rotatable bonds is 3. The van der Waals surface area contributed by atoms with E-state index in [2.05, 4.69) is 0 Å². The molecule has 2 rings (SSSR count). The molecule has 0 aliphatic heterocycles. The molecule has 2 aromatic rings. The normalized spacial score (nSPS) is 12.4. The number of aromatic carboxylic acids is 1. The van der Waals surface area contributed by atoms with Crippen LogP contribution in [0.4, 0.5) is 4.39 Å². The molecule has 1 aromatic heterocycles. The highest BCUT2D eigenvalue weighted by molar-refractivity contribution is 7.10. The summed E-state index contributed by atoms with van der Waals surface area (Å²) < 4.78 is 13.4. The highest BCUT2D eigenvalue weighted by Gasteiger charge is 2.20. The molecule has 0 amide bonds. The monoisotopic (exact) mass is 266 g/mol. The van der Waals surface area contributed by atoms with Gasteiger partial charge >= 0.3 is 5.97 Å². The number of aliphatic hydroxyl groups excluding tert-OH is 1. The molecule has 0 aliphatic carbocycles. The number of benzene rings is 1.